The molecule has 1 unspecified atom stereocenters. The number of halogens is 1. The van der Waals surface area contributed by atoms with Gasteiger partial charge in [-0.1, -0.05) is 12.1 Å². The first-order valence-corrected chi connectivity index (χ1v) is 7.61. The van der Waals surface area contributed by atoms with Crippen molar-refractivity contribution in [3.8, 4) is 0 Å². The number of rotatable bonds is 3. The van der Waals surface area contributed by atoms with Crippen molar-refractivity contribution in [3.63, 3.8) is 0 Å². The van der Waals surface area contributed by atoms with E-state index >= 15 is 0 Å². The van der Waals surface area contributed by atoms with Gasteiger partial charge in [-0.3, -0.25) is 4.79 Å². The van der Waals surface area contributed by atoms with Gasteiger partial charge in [-0.25, -0.2) is 0 Å². The SMILES string of the molecule is CN(CC1CCCN1)C(=O)c1cc2cccc(Br)c2o1. The van der Waals surface area contributed by atoms with E-state index < -0.39 is 0 Å². The Balaban J connectivity index is 1.79. The van der Waals surface area contributed by atoms with E-state index in [2.05, 4.69) is 21.2 Å². The van der Waals surface area contributed by atoms with Gasteiger partial charge in [0.25, 0.3) is 5.91 Å². The van der Waals surface area contributed by atoms with Crippen LogP contribution < -0.4 is 5.32 Å². The van der Waals surface area contributed by atoms with Gasteiger partial charge in [-0.15, -0.1) is 0 Å². The van der Waals surface area contributed by atoms with Crippen LogP contribution >= 0.6 is 15.9 Å². The molecule has 1 N–H and O–H groups in total. The second-order valence-electron chi connectivity index (χ2n) is 5.25. The maximum absolute atomic E-state index is 12.4. The predicted molar refractivity (Wildman–Crippen MR) is 81.9 cm³/mol. The average Bonchev–Trinajstić information content (AvgIpc) is 3.07. The number of benzene rings is 1. The molecule has 1 aliphatic heterocycles. The summed E-state index contributed by atoms with van der Waals surface area (Å²) in [6.45, 7) is 1.77. The summed E-state index contributed by atoms with van der Waals surface area (Å²) in [5, 5.41) is 4.34. The van der Waals surface area contributed by atoms with Crippen LogP contribution in [0.3, 0.4) is 0 Å². The lowest BCUT2D eigenvalue weighted by atomic mass is 10.2. The number of furan rings is 1. The number of hydrogen-bond acceptors (Lipinski definition) is 3. The van der Waals surface area contributed by atoms with E-state index in [1.165, 1.54) is 6.42 Å². The number of nitrogens with zero attached hydrogens (tertiary/aromatic N) is 1. The van der Waals surface area contributed by atoms with Crippen LogP contribution in [-0.4, -0.2) is 37.0 Å². The number of likely N-dealkylation sites (N-methyl/N-ethyl adjacent to an activating group) is 1. The number of para-hydroxylation sites is 1. The molecule has 1 atom stereocenters. The van der Waals surface area contributed by atoms with E-state index in [0.29, 0.717) is 11.8 Å². The first-order chi connectivity index (χ1) is 9.65. The van der Waals surface area contributed by atoms with Crippen LogP contribution in [0.25, 0.3) is 11.0 Å². The molecule has 0 radical (unpaired) electrons. The third kappa shape index (κ3) is 2.60. The summed E-state index contributed by atoms with van der Waals surface area (Å²) in [4.78, 5) is 14.1. The zero-order valence-corrected chi connectivity index (χ0v) is 12.9. The lowest BCUT2D eigenvalue weighted by Gasteiger charge is -2.20. The van der Waals surface area contributed by atoms with E-state index in [0.717, 1.165) is 35.0 Å². The number of amides is 1. The van der Waals surface area contributed by atoms with Gasteiger partial charge >= 0.3 is 0 Å². The van der Waals surface area contributed by atoms with E-state index in [1.807, 2.05) is 25.2 Å². The summed E-state index contributed by atoms with van der Waals surface area (Å²) in [5.41, 5.74) is 0.725. The molecule has 0 aliphatic carbocycles. The quantitative estimate of drug-likeness (QED) is 0.936. The Bertz CT molecular complexity index is 632. The molecule has 1 fully saturated rings. The van der Waals surface area contributed by atoms with Gasteiger partial charge in [-0.05, 0) is 47.4 Å². The van der Waals surface area contributed by atoms with Crippen molar-refractivity contribution < 1.29 is 9.21 Å². The van der Waals surface area contributed by atoms with Crippen LogP contribution in [-0.2, 0) is 0 Å². The van der Waals surface area contributed by atoms with Crippen molar-refractivity contribution in [2.24, 2.45) is 0 Å². The lowest BCUT2D eigenvalue weighted by Crippen LogP contribution is -2.38. The van der Waals surface area contributed by atoms with Crippen molar-refractivity contribution in [2.45, 2.75) is 18.9 Å². The summed E-state index contributed by atoms with van der Waals surface area (Å²) in [5.74, 6) is 0.328. The Morgan fingerprint density at radius 3 is 3.10 bits per heavy atom. The molecule has 2 aromatic rings. The molecule has 0 bridgehead atoms. The third-order valence-electron chi connectivity index (χ3n) is 3.71. The molecule has 0 saturated carbocycles. The summed E-state index contributed by atoms with van der Waals surface area (Å²) in [7, 11) is 1.82. The van der Waals surface area contributed by atoms with Crippen molar-refractivity contribution >= 4 is 32.8 Å². The van der Waals surface area contributed by atoms with E-state index in [1.54, 1.807) is 11.0 Å². The second-order valence-corrected chi connectivity index (χ2v) is 6.10. The zero-order chi connectivity index (χ0) is 14.1. The lowest BCUT2D eigenvalue weighted by molar-refractivity contribution is 0.0754. The summed E-state index contributed by atoms with van der Waals surface area (Å²) in [6.07, 6.45) is 2.31. The van der Waals surface area contributed by atoms with Crippen LogP contribution in [0.15, 0.2) is 33.2 Å². The molecule has 1 aromatic carbocycles. The van der Waals surface area contributed by atoms with Gasteiger partial charge in [0, 0.05) is 25.0 Å². The molecular weight excluding hydrogens is 320 g/mol. The number of carbonyl (C=O) groups excluding carboxylic acids is 1. The molecule has 2 heterocycles. The van der Waals surface area contributed by atoms with Crippen LogP contribution in [0.4, 0.5) is 0 Å². The van der Waals surface area contributed by atoms with Crippen LogP contribution in [0.5, 0.6) is 0 Å². The Labute approximate surface area is 126 Å². The smallest absolute Gasteiger partial charge is 0.289 e. The van der Waals surface area contributed by atoms with Crippen molar-refractivity contribution in [3.05, 3.63) is 34.5 Å². The molecule has 1 aromatic heterocycles. The van der Waals surface area contributed by atoms with Crippen molar-refractivity contribution in [1.29, 1.82) is 0 Å². The fourth-order valence-corrected chi connectivity index (χ4v) is 3.11. The van der Waals surface area contributed by atoms with Crippen LogP contribution in [0.2, 0.25) is 0 Å². The first-order valence-electron chi connectivity index (χ1n) is 6.82. The standard InChI is InChI=1S/C15H17BrN2O2/c1-18(9-11-5-3-7-17-11)15(19)13-8-10-4-2-6-12(16)14(10)20-13/h2,4,6,8,11,17H,3,5,7,9H2,1H3. The van der Waals surface area contributed by atoms with Gasteiger partial charge in [0.15, 0.2) is 5.76 Å². The Hall–Kier alpha value is -1.33. The minimum atomic E-state index is -0.0678. The summed E-state index contributed by atoms with van der Waals surface area (Å²) >= 11 is 3.44. The van der Waals surface area contributed by atoms with Crippen LogP contribution in [0, 0.1) is 0 Å². The fourth-order valence-electron chi connectivity index (χ4n) is 2.65. The number of carbonyl (C=O) groups is 1. The minimum absolute atomic E-state index is 0.0678. The van der Waals surface area contributed by atoms with E-state index in [-0.39, 0.29) is 5.91 Å². The number of nitrogens with one attached hydrogen (secondary N) is 1. The topological polar surface area (TPSA) is 45.5 Å². The Morgan fingerprint density at radius 1 is 1.55 bits per heavy atom. The molecule has 4 nitrogen and oxygen atoms in total. The predicted octanol–water partition coefficient (Wildman–Crippen LogP) is 3.02. The van der Waals surface area contributed by atoms with Gasteiger partial charge in [0.2, 0.25) is 0 Å². The fraction of sp³-hybridized carbons (Fsp3) is 0.400. The molecule has 1 aliphatic rings. The molecule has 0 spiro atoms. The monoisotopic (exact) mass is 336 g/mol. The van der Waals surface area contributed by atoms with Gasteiger partial charge in [0.05, 0.1) is 4.47 Å². The molecule has 5 heteroatoms. The third-order valence-corrected chi connectivity index (χ3v) is 4.33. The molecule has 1 saturated heterocycles. The highest BCUT2D eigenvalue weighted by atomic mass is 79.9. The highest BCUT2D eigenvalue weighted by Crippen LogP contribution is 2.27. The average molecular weight is 337 g/mol. The largest absolute Gasteiger partial charge is 0.450 e. The zero-order valence-electron chi connectivity index (χ0n) is 11.4. The minimum Gasteiger partial charge on any atom is -0.450 e. The van der Waals surface area contributed by atoms with E-state index in [4.69, 9.17) is 4.42 Å². The molecule has 20 heavy (non-hydrogen) atoms. The normalized spacial score (nSPS) is 18.6. The highest BCUT2D eigenvalue weighted by molar-refractivity contribution is 9.10. The number of fused-ring (bicyclic) bond motifs is 1. The van der Waals surface area contributed by atoms with Crippen molar-refractivity contribution in [2.75, 3.05) is 20.1 Å². The Kier molecular flexibility index (Phi) is 3.81. The first kappa shape index (κ1) is 13.6. The molecule has 106 valence electrons. The van der Waals surface area contributed by atoms with Gasteiger partial charge in [0.1, 0.15) is 5.58 Å². The maximum atomic E-state index is 12.4. The maximum Gasteiger partial charge on any atom is 0.289 e. The molecule has 1 amide bonds. The van der Waals surface area contributed by atoms with Gasteiger partial charge in [-0.2, -0.15) is 0 Å². The van der Waals surface area contributed by atoms with Gasteiger partial charge < -0.3 is 14.6 Å². The number of hydrogen-bond donors (Lipinski definition) is 1. The van der Waals surface area contributed by atoms with E-state index in [9.17, 15) is 4.79 Å². The highest BCUT2D eigenvalue weighted by Gasteiger charge is 2.22. The molecular formula is C15H17BrN2O2. The summed E-state index contributed by atoms with van der Waals surface area (Å²) < 4.78 is 6.56. The van der Waals surface area contributed by atoms with Crippen molar-refractivity contribution in [1.82, 2.24) is 10.2 Å². The summed E-state index contributed by atoms with van der Waals surface area (Å²) in [6, 6.07) is 7.99. The second kappa shape index (κ2) is 5.58. The van der Waals surface area contributed by atoms with Crippen LogP contribution in [0.1, 0.15) is 23.4 Å². The molecule has 3 rings (SSSR count). The Morgan fingerprint density at radius 2 is 2.40 bits per heavy atom.